The van der Waals surface area contributed by atoms with Crippen molar-refractivity contribution in [2.45, 2.75) is 81.3 Å². The summed E-state index contributed by atoms with van der Waals surface area (Å²) in [4.78, 5) is 28.6. The van der Waals surface area contributed by atoms with E-state index in [1.54, 1.807) is 0 Å². The minimum Gasteiger partial charge on any atom is -0.325 e. The molecule has 8 heteroatoms. The van der Waals surface area contributed by atoms with E-state index in [9.17, 15) is 4.79 Å². The molecule has 198 valence electrons. The second-order valence-electron chi connectivity index (χ2n) is 12.2. The van der Waals surface area contributed by atoms with Crippen LogP contribution in [0.5, 0.6) is 0 Å². The number of hydrogen-bond acceptors (Lipinski definition) is 5. The van der Waals surface area contributed by atoms with Gasteiger partial charge in [0, 0.05) is 29.4 Å². The summed E-state index contributed by atoms with van der Waals surface area (Å²) in [5.41, 5.74) is 5.56. The molecule has 1 aromatic carbocycles. The second-order valence-corrected chi connectivity index (χ2v) is 12.5. The first kappa shape index (κ1) is 23.4. The molecule has 0 radical (unpaired) electrons. The fourth-order valence-electron chi connectivity index (χ4n) is 7.59. The first-order valence-electron chi connectivity index (χ1n) is 14.6. The smallest absolute Gasteiger partial charge is 0.238 e. The number of rotatable bonds is 4. The number of likely N-dealkylation sites (tertiary alicyclic amines) is 1. The standard InChI is InChI=1S/C30H35ClN6O/c31-28-27-25(33-18-36(27)20-5-6-20)17-24(34-28)19-4-7-23-26(14-19)37(29(38)30(23)8-10-32-11-9-30)22-15-21(16-22)35-12-2-1-3-13-35/h4,7,14,17-18,20-22,32H,1-3,5-6,8-13,15-16H2. The second kappa shape index (κ2) is 8.77. The first-order chi connectivity index (χ1) is 18.6. The Morgan fingerprint density at radius 1 is 0.974 bits per heavy atom. The third kappa shape index (κ3) is 3.51. The van der Waals surface area contributed by atoms with E-state index in [4.69, 9.17) is 16.6 Å². The number of piperidine rings is 2. The molecule has 1 spiro atoms. The number of fused-ring (bicyclic) bond motifs is 3. The quantitative estimate of drug-likeness (QED) is 0.477. The molecule has 8 rings (SSSR count). The molecule has 2 aromatic heterocycles. The molecule has 38 heavy (non-hydrogen) atoms. The minimum atomic E-state index is -0.395. The summed E-state index contributed by atoms with van der Waals surface area (Å²) in [5.74, 6) is 0.317. The summed E-state index contributed by atoms with van der Waals surface area (Å²) in [6.07, 6.45) is 12.1. The SMILES string of the molecule is O=C1N(C2CC(N3CCCCC3)C2)c2cc(-c3cc4ncn(C5CC5)c4c(Cl)n3)ccc2C12CCNCC2. The molecule has 5 heterocycles. The molecule has 0 atom stereocenters. The molecule has 5 aliphatic rings. The number of benzene rings is 1. The van der Waals surface area contributed by atoms with Crippen LogP contribution in [-0.2, 0) is 10.2 Å². The number of carbonyl (C=O) groups excluding carboxylic acids is 1. The highest BCUT2D eigenvalue weighted by Gasteiger charge is 2.54. The van der Waals surface area contributed by atoms with Crippen LogP contribution in [0.4, 0.5) is 5.69 Å². The van der Waals surface area contributed by atoms with Gasteiger partial charge >= 0.3 is 0 Å². The van der Waals surface area contributed by atoms with Gasteiger partial charge in [-0.2, -0.15) is 0 Å². The zero-order valence-electron chi connectivity index (χ0n) is 21.8. The maximum Gasteiger partial charge on any atom is 0.238 e. The molecule has 3 aromatic rings. The number of aromatic nitrogens is 3. The number of nitrogens with zero attached hydrogens (tertiary/aromatic N) is 5. The lowest BCUT2D eigenvalue weighted by atomic mass is 9.74. The van der Waals surface area contributed by atoms with Crippen LogP contribution in [0.2, 0.25) is 5.15 Å². The Morgan fingerprint density at radius 3 is 2.53 bits per heavy atom. The van der Waals surface area contributed by atoms with Gasteiger partial charge in [-0.3, -0.25) is 4.79 Å². The van der Waals surface area contributed by atoms with Crippen molar-refractivity contribution in [3.05, 3.63) is 41.3 Å². The molecule has 7 nitrogen and oxygen atoms in total. The van der Waals surface area contributed by atoms with Crippen molar-refractivity contribution in [1.82, 2.24) is 24.8 Å². The third-order valence-electron chi connectivity index (χ3n) is 9.96. The number of imidazole rings is 1. The predicted octanol–water partition coefficient (Wildman–Crippen LogP) is 5.07. The average Bonchev–Trinajstić information content (AvgIpc) is 3.64. The number of pyridine rings is 1. The first-order valence-corrected chi connectivity index (χ1v) is 15.0. The van der Waals surface area contributed by atoms with Crippen LogP contribution in [0.1, 0.15) is 69.4 Å². The van der Waals surface area contributed by atoms with E-state index in [2.05, 4.69) is 48.9 Å². The fourth-order valence-corrected chi connectivity index (χ4v) is 7.88. The van der Waals surface area contributed by atoms with Crippen LogP contribution in [0, 0.1) is 0 Å². The Hall–Kier alpha value is -2.48. The van der Waals surface area contributed by atoms with Crippen molar-refractivity contribution in [3.63, 3.8) is 0 Å². The summed E-state index contributed by atoms with van der Waals surface area (Å²) >= 11 is 6.74. The van der Waals surface area contributed by atoms with Crippen molar-refractivity contribution in [3.8, 4) is 11.3 Å². The Morgan fingerprint density at radius 2 is 1.76 bits per heavy atom. The monoisotopic (exact) mass is 530 g/mol. The third-order valence-corrected chi connectivity index (χ3v) is 10.2. The van der Waals surface area contributed by atoms with E-state index in [0.717, 1.165) is 66.8 Å². The summed E-state index contributed by atoms with van der Waals surface area (Å²) < 4.78 is 2.17. The van der Waals surface area contributed by atoms with Gasteiger partial charge < -0.3 is 19.7 Å². The maximum atomic E-state index is 14.2. The van der Waals surface area contributed by atoms with Crippen LogP contribution in [0.25, 0.3) is 22.3 Å². The van der Waals surface area contributed by atoms with E-state index >= 15 is 0 Å². The highest BCUT2D eigenvalue weighted by Crippen LogP contribution is 2.51. The van der Waals surface area contributed by atoms with Gasteiger partial charge in [0.1, 0.15) is 5.52 Å². The molecular formula is C30H35ClN6O. The van der Waals surface area contributed by atoms with Crippen molar-refractivity contribution >= 4 is 34.2 Å². The Balaban J connectivity index is 1.16. The summed E-state index contributed by atoms with van der Waals surface area (Å²) in [7, 11) is 0. The van der Waals surface area contributed by atoms with Gasteiger partial charge in [-0.1, -0.05) is 30.2 Å². The van der Waals surface area contributed by atoms with Gasteiger partial charge in [0.15, 0.2) is 5.15 Å². The van der Waals surface area contributed by atoms with Gasteiger partial charge in [0.2, 0.25) is 5.91 Å². The molecule has 0 unspecified atom stereocenters. The Kier molecular flexibility index (Phi) is 5.40. The molecule has 0 bridgehead atoms. The number of halogens is 1. The van der Waals surface area contributed by atoms with E-state index in [1.807, 2.05) is 6.33 Å². The molecule has 4 fully saturated rings. The van der Waals surface area contributed by atoms with E-state index in [-0.39, 0.29) is 6.04 Å². The molecule has 2 saturated heterocycles. The zero-order chi connectivity index (χ0) is 25.4. The Labute approximate surface area is 228 Å². The molecule has 2 aliphatic carbocycles. The predicted molar refractivity (Wildman–Crippen MR) is 150 cm³/mol. The maximum absolute atomic E-state index is 14.2. The highest BCUT2D eigenvalue weighted by molar-refractivity contribution is 6.34. The van der Waals surface area contributed by atoms with Gasteiger partial charge in [-0.25, -0.2) is 9.97 Å². The lowest BCUT2D eigenvalue weighted by Gasteiger charge is -2.48. The van der Waals surface area contributed by atoms with Gasteiger partial charge in [0.05, 0.1) is 23.0 Å². The normalized spacial score (nSPS) is 27.2. The molecular weight excluding hydrogens is 496 g/mol. The summed E-state index contributed by atoms with van der Waals surface area (Å²) in [5, 5.41) is 3.98. The number of carbonyl (C=O) groups is 1. The molecule has 1 N–H and O–H groups in total. The van der Waals surface area contributed by atoms with Crippen LogP contribution in [0.15, 0.2) is 30.6 Å². The lowest BCUT2D eigenvalue weighted by Crippen LogP contribution is -2.58. The van der Waals surface area contributed by atoms with Crippen LogP contribution in [0.3, 0.4) is 0 Å². The van der Waals surface area contributed by atoms with Gasteiger partial charge in [0.25, 0.3) is 0 Å². The number of amides is 1. The topological polar surface area (TPSA) is 66.3 Å². The average molecular weight is 531 g/mol. The summed E-state index contributed by atoms with van der Waals surface area (Å²) in [6.45, 7) is 4.21. The van der Waals surface area contributed by atoms with Crippen molar-refractivity contribution < 1.29 is 4.79 Å². The van der Waals surface area contributed by atoms with Gasteiger partial charge in [-0.05, 0) is 95.2 Å². The van der Waals surface area contributed by atoms with Crippen molar-refractivity contribution in [1.29, 1.82) is 0 Å². The van der Waals surface area contributed by atoms with E-state index < -0.39 is 5.41 Å². The molecule has 2 saturated carbocycles. The van der Waals surface area contributed by atoms with Crippen LogP contribution in [-0.4, -0.2) is 63.6 Å². The van der Waals surface area contributed by atoms with Crippen LogP contribution < -0.4 is 10.2 Å². The fraction of sp³-hybridized carbons (Fsp3) is 0.567. The number of nitrogens with one attached hydrogen (secondary N) is 1. The number of hydrogen-bond donors (Lipinski definition) is 1. The van der Waals surface area contributed by atoms with Crippen LogP contribution >= 0.6 is 11.6 Å². The number of anilines is 1. The largest absolute Gasteiger partial charge is 0.325 e. The van der Waals surface area contributed by atoms with Crippen molar-refractivity contribution in [2.75, 3.05) is 31.1 Å². The molecule has 1 amide bonds. The summed E-state index contributed by atoms with van der Waals surface area (Å²) in [6, 6.07) is 10.0. The minimum absolute atomic E-state index is 0.283. The van der Waals surface area contributed by atoms with E-state index in [0.29, 0.717) is 23.1 Å². The highest BCUT2D eigenvalue weighted by atomic mass is 35.5. The van der Waals surface area contributed by atoms with Crippen molar-refractivity contribution in [2.24, 2.45) is 0 Å². The lowest BCUT2D eigenvalue weighted by molar-refractivity contribution is -0.125. The zero-order valence-corrected chi connectivity index (χ0v) is 22.6. The molecule has 3 aliphatic heterocycles. The van der Waals surface area contributed by atoms with Gasteiger partial charge in [-0.15, -0.1) is 0 Å². The van der Waals surface area contributed by atoms with E-state index in [1.165, 1.54) is 50.8 Å². The Bertz CT molecular complexity index is 1410.